The van der Waals surface area contributed by atoms with Gasteiger partial charge in [0.2, 0.25) is 11.8 Å². The number of hydrogen-bond acceptors (Lipinski definition) is 4. The van der Waals surface area contributed by atoms with Gasteiger partial charge in [-0.25, -0.2) is 0 Å². The molecular formula is C30H43N3O2S. The van der Waals surface area contributed by atoms with Crippen molar-refractivity contribution >= 4 is 23.2 Å². The third-order valence-corrected chi connectivity index (χ3v) is 9.21. The van der Waals surface area contributed by atoms with Gasteiger partial charge in [-0.2, -0.15) is 0 Å². The van der Waals surface area contributed by atoms with Gasteiger partial charge < -0.3 is 9.80 Å². The molecule has 196 valence electrons. The highest BCUT2D eigenvalue weighted by atomic mass is 32.1. The molecule has 5 nitrogen and oxygen atoms in total. The number of amides is 2. The molecule has 3 heterocycles. The summed E-state index contributed by atoms with van der Waals surface area (Å²) in [6, 6.07) is 10.7. The Labute approximate surface area is 221 Å². The molecule has 0 unspecified atom stereocenters. The molecule has 6 heteroatoms. The number of benzene rings is 1. The van der Waals surface area contributed by atoms with Crippen LogP contribution < -0.4 is 0 Å². The van der Waals surface area contributed by atoms with E-state index in [4.69, 9.17) is 0 Å². The van der Waals surface area contributed by atoms with Gasteiger partial charge in [-0.15, -0.1) is 11.3 Å². The molecule has 2 amide bonds. The Morgan fingerprint density at radius 3 is 2.39 bits per heavy atom. The predicted octanol–water partition coefficient (Wildman–Crippen LogP) is 5.67. The van der Waals surface area contributed by atoms with Crippen LogP contribution in [0.1, 0.15) is 80.5 Å². The van der Waals surface area contributed by atoms with Crippen LogP contribution in [0.3, 0.4) is 0 Å². The van der Waals surface area contributed by atoms with Crippen molar-refractivity contribution < 1.29 is 9.59 Å². The topological polar surface area (TPSA) is 43.9 Å². The first kappa shape index (κ1) is 26.9. The fraction of sp³-hybridized carbons (Fsp3) is 0.600. The van der Waals surface area contributed by atoms with Crippen LogP contribution in [0.15, 0.2) is 35.7 Å². The standard InChI is InChI=1S/C30H43N3O2S/c1-5-7-12-24(6-2)30(35)32-17-10-16-31(19-20-32)29(34)23(4)33-18-14-27-26(15-21-36-27)28(33)25-13-9-8-11-22(25)3/h8-9,11,13,15,21,23-24,28H,5-7,10,12,14,16-20H2,1-4H3/t23-,24+,28+/m1/s1. The Hall–Kier alpha value is -2.18. The largest absolute Gasteiger partial charge is 0.341 e. The van der Waals surface area contributed by atoms with E-state index in [-0.39, 0.29) is 29.8 Å². The first-order valence-electron chi connectivity index (χ1n) is 13.9. The Kier molecular flexibility index (Phi) is 9.24. The van der Waals surface area contributed by atoms with Gasteiger partial charge in [-0.05, 0) is 67.7 Å². The lowest BCUT2D eigenvalue weighted by Crippen LogP contribution is -2.51. The Balaban J connectivity index is 1.47. The molecule has 2 aromatic rings. The molecule has 4 rings (SSSR count). The van der Waals surface area contributed by atoms with E-state index < -0.39 is 0 Å². The summed E-state index contributed by atoms with van der Waals surface area (Å²) in [7, 11) is 0. The monoisotopic (exact) mass is 509 g/mol. The second-order valence-corrected chi connectivity index (χ2v) is 11.5. The van der Waals surface area contributed by atoms with E-state index in [0.717, 1.165) is 58.2 Å². The molecule has 1 fully saturated rings. The number of thiophene rings is 1. The molecule has 1 saturated heterocycles. The van der Waals surface area contributed by atoms with E-state index in [9.17, 15) is 9.59 Å². The molecule has 0 radical (unpaired) electrons. The van der Waals surface area contributed by atoms with Crippen molar-refractivity contribution in [3.63, 3.8) is 0 Å². The number of aryl methyl sites for hydroxylation is 1. The van der Waals surface area contributed by atoms with E-state index in [0.29, 0.717) is 13.1 Å². The zero-order valence-electron chi connectivity index (χ0n) is 22.5. The average Bonchev–Trinajstić information content (AvgIpc) is 3.24. The van der Waals surface area contributed by atoms with Crippen LogP contribution in [0.2, 0.25) is 0 Å². The molecule has 0 saturated carbocycles. The van der Waals surface area contributed by atoms with E-state index in [1.165, 1.54) is 21.6 Å². The number of carbonyl (C=O) groups excluding carboxylic acids is 2. The molecule has 2 aliphatic rings. The summed E-state index contributed by atoms with van der Waals surface area (Å²) in [5.74, 6) is 0.600. The number of hydrogen-bond donors (Lipinski definition) is 0. The molecule has 0 bridgehead atoms. The lowest BCUT2D eigenvalue weighted by atomic mass is 9.89. The number of fused-ring (bicyclic) bond motifs is 1. The van der Waals surface area contributed by atoms with Crippen LogP contribution in [0, 0.1) is 12.8 Å². The molecule has 0 spiro atoms. The van der Waals surface area contributed by atoms with Crippen molar-refractivity contribution in [2.45, 2.75) is 78.3 Å². The van der Waals surface area contributed by atoms with E-state index in [1.54, 1.807) is 0 Å². The van der Waals surface area contributed by atoms with Crippen LogP contribution in [-0.2, 0) is 16.0 Å². The predicted molar refractivity (Wildman–Crippen MR) is 148 cm³/mol. The highest BCUT2D eigenvalue weighted by Crippen LogP contribution is 2.40. The fourth-order valence-electron chi connectivity index (χ4n) is 5.97. The van der Waals surface area contributed by atoms with Crippen LogP contribution in [0.5, 0.6) is 0 Å². The SMILES string of the molecule is CCCC[C@H](CC)C(=O)N1CCCN(C(=O)[C@@H](C)N2CCc3sccc3[C@@H]2c2ccccc2C)CC1. The molecule has 1 aromatic heterocycles. The number of carbonyl (C=O) groups is 2. The first-order chi connectivity index (χ1) is 17.5. The Bertz CT molecular complexity index is 1030. The average molecular weight is 510 g/mol. The zero-order valence-corrected chi connectivity index (χ0v) is 23.4. The van der Waals surface area contributed by atoms with Gasteiger partial charge in [-0.3, -0.25) is 14.5 Å². The van der Waals surface area contributed by atoms with Crippen LogP contribution in [-0.4, -0.2) is 65.3 Å². The fourth-order valence-corrected chi connectivity index (χ4v) is 6.87. The summed E-state index contributed by atoms with van der Waals surface area (Å²) in [5, 5.41) is 2.19. The molecular weight excluding hydrogens is 466 g/mol. The maximum absolute atomic E-state index is 13.9. The summed E-state index contributed by atoms with van der Waals surface area (Å²) < 4.78 is 0. The number of rotatable bonds is 8. The minimum absolute atomic E-state index is 0.106. The van der Waals surface area contributed by atoms with E-state index in [2.05, 4.69) is 68.3 Å². The third kappa shape index (κ3) is 5.70. The maximum atomic E-state index is 13.9. The van der Waals surface area contributed by atoms with Crippen LogP contribution >= 0.6 is 11.3 Å². The quantitative estimate of drug-likeness (QED) is 0.461. The first-order valence-corrected chi connectivity index (χ1v) is 14.8. The molecule has 36 heavy (non-hydrogen) atoms. The Morgan fingerprint density at radius 1 is 0.972 bits per heavy atom. The lowest BCUT2D eigenvalue weighted by Gasteiger charge is -2.41. The number of unbranched alkanes of at least 4 members (excludes halogenated alkanes) is 1. The molecule has 0 N–H and O–H groups in total. The van der Waals surface area contributed by atoms with Crippen molar-refractivity contribution in [1.82, 2.24) is 14.7 Å². The maximum Gasteiger partial charge on any atom is 0.239 e. The molecule has 3 atom stereocenters. The minimum atomic E-state index is -0.210. The summed E-state index contributed by atoms with van der Waals surface area (Å²) in [6.45, 7) is 12.2. The number of nitrogens with zero attached hydrogens (tertiary/aromatic N) is 3. The summed E-state index contributed by atoms with van der Waals surface area (Å²) in [6.07, 6.45) is 5.94. The smallest absolute Gasteiger partial charge is 0.239 e. The zero-order chi connectivity index (χ0) is 25.7. The molecule has 1 aromatic carbocycles. The van der Waals surface area contributed by atoms with Gasteiger partial charge in [0.25, 0.3) is 0 Å². The van der Waals surface area contributed by atoms with Crippen molar-refractivity contribution in [3.05, 3.63) is 57.3 Å². The van der Waals surface area contributed by atoms with Crippen molar-refractivity contribution in [2.75, 3.05) is 32.7 Å². The van der Waals surface area contributed by atoms with Crippen LogP contribution in [0.4, 0.5) is 0 Å². The van der Waals surface area contributed by atoms with Gasteiger partial charge >= 0.3 is 0 Å². The van der Waals surface area contributed by atoms with Gasteiger partial charge in [0.15, 0.2) is 0 Å². The third-order valence-electron chi connectivity index (χ3n) is 8.21. The van der Waals surface area contributed by atoms with Gasteiger partial charge in [-0.1, -0.05) is 51.0 Å². The van der Waals surface area contributed by atoms with E-state index >= 15 is 0 Å². The normalized spacial score (nSPS) is 20.5. The summed E-state index contributed by atoms with van der Waals surface area (Å²) >= 11 is 1.83. The lowest BCUT2D eigenvalue weighted by molar-refractivity contribution is -0.139. The highest BCUT2D eigenvalue weighted by molar-refractivity contribution is 7.10. The summed E-state index contributed by atoms with van der Waals surface area (Å²) in [5.41, 5.74) is 3.91. The second-order valence-electron chi connectivity index (χ2n) is 10.5. The highest BCUT2D eigenvalue weighted by Gasteiger charge is 2.37. The van der Waals surface area contributed by atoms with Crippen molar-refractivity contribution in [2.24, 2.45) is 5.92 Å². The van der Waals surface area contributed by atoms with Crippen LogP contribution in [0.25, 0.3) is 0 Å². The van der Waals surface area contributed by atoms with Gasteiger partial charge in [0, 0.05) is 43.5 Å². The van der Waals surface area contributed by atoms with Crippen molar-refractivity contribution in [1.29, 1.82) is 0 Å². The minimum Gasteiger partial charge on any atom is -0.341 e. The molecule has 0 aliphatic carbocycles. The van der Waals surface area contributed by atoms with E-state index in [1.807, 2.05) is 21.1 Å². The van der Waals surface area contributed by atoms with Gasteiger partial charge in [0.1, 0.15) is 0 Å². The molecule has 2 aliphatic heterocycles. The second kappa shape index (κ2) is 12.4. The Morgan fingerprint density at radius 2 is 1.69 bits per heavy atom. The van der Waals surface area contributed by atoms with Crippen molar-refractivity contribution in [3.8, 4) is 0 Å². The summed E-state index contributed by atoms with van der Waals surface area (Å²) in [4.78, 5) is 34.9. The van der Waals surface area contributed by atoms with Gasteiger partial charge in [0.05, 0.1) is 12.1 Å².